The van der Waals surface area contributed by atoms with Crippen molar-refractivity contribution in [3.8, 4) is 0 Å². The number of fused-ring (bicyclic) bond motifs is 1. The summed E-state index contributed by atoms with van der Waals surface area (Å²) in [6.07, 6.45) is -1.30. The van der Waals surface area contributed by atoms with E-state index >= 15 is 0 Å². The van der Waals surface area contributed by atoms with E-state index in [1.807, 2.05) is 24.3 Å². The van der Waals surface area contributed by atoms with Gasteiger partial charge in [-0.1, -0.05) is 23.7 Å². The number of sulfonamides is 1. The molecule has 0 saturated heterocycles. The monoisotopic (exact) mass is 569 g/mol. The molecule has 1 saturated carbocycles. The first kappa shape index (κ1) is 28.4. The quantitative estimate of drug-likeness (QED) is 0.279. The van der Waals surface area contributed by atoms with Crippen LogP contribution in [-0.2, 0) is 16.2 Å². The molecule has 0 spiro atoms. The largest absolute Gasteiger partial charge is 0.416 e. The minimum atomic E-state index is -4.66. The molecule has 1 heterocycles. The summed E-state index contributed by atoms with van der Waals surface area (Å²) >= 11 is 5.92. The standard InChI is InChI=1S/C26H31ClF3N5O2S/c1-16(2)33-24-20-5-3-4-6-22(20)34-25(35-24)31-14-17-7-9-18(10-8-17)15-32-38(36,37)23-13-19(26(28,29)30)11-12-21(23)27/h3-6,11-13,16-18,32H,7-10,14-15H2,1-2H3,(H2,31,33,34,35). The number of nitrogens with one attached hydrogen (secondary N) is 3. The van der Waals surface area contributed by atoms with Crippen LogP contribution in [0.25, 0.3) is 10.9 Å². The van der Waals surface area contributed by atoms with E-state index in [0.29, 0.717) is 24.5 Å². The highest BCUT2D eigenvalue weighted by Crippen LogP contribution is 2.34. The van der Waals surface area contributed by atoms with E-state index in [-0.39, 0.29) is 23.5 Å². The molecule has 1 fully saturated rings. The maximum Gasteiger partial charge on any atom is 0.416 e. The van der Waals surface area contributed by atoms with Crippen LogP contribution in [0.1, 0.15) is 45.1 Å². The maximum absolute atomic E-state index is 13.0. The summed E-state index contributed by atoms with van der Waals surface area (Å²) in [7, 11) is -4.18. The number of halogens is 4. The van der Waals surface area contributed by atoms with Gasteiger partial charge in [0.1, 0.15) is 10.7 Å². The molecule has 0 radical (unpaired) electrons. The van der Waals surface area contributed by atoms with Crippen molar-refractivity contribution in [3.05, 3.63) is 53.1 Å². The van der Waals surface area contributed by atoms with Crippen LogP contribution < -0.4 is 15.4 Å². The number of nitrogens with zero attached hydrogens (tertiary/aromatic N) is 2. The molecule has 0 aliphatic heterocycles. The molecule has 1 aromatic heterocycles. The van der Waals surface area contributed by atoms with Crippen molar-refractivity contribution in [3.63, 3.8) is 0 Å². The molecule has 0 amide bonds. The summed E-state index contributed by atoms with van der Waals surface area (Å²) in [5.74, 6) is 1.80. The van der Waals surface area contributed by atoms with Gasteiger partial charge < -0.3 is 10.6 Å². The van der Waals surface area contributed by atoms with E-state index in [2.05, 4.69) is 39.2 Å². The number of hydrogen-bond acceptors (Lipinski definition) is 6. The predicted octanol–water partition coefficient (Wildman–Crippen LogP) is 6.32. The average molecular weight is 570 g/mol. The number of hydrogen-bond donors (Lipinski definition) is 3. The summed E-state index contributed by atoms with van der Waals surface area (Å²) in [4.78, 5) is 8.74. The van der Waals surface area contributed by atoms with Gasteiger partial charge >= 0.3 is 6.18 Å². The van der Waals surface area contributed by atoms with Gasteiger partial charge in [-0.25, -0.2) is 18.1 Å². The number of para-hydroxylation sites is 1. The fraction of sp³-hybridized carbons (Fsp3) is 0.462. The third kappa shape index (κ3) is 7.06. The van der Waals surface area contributed by atoms with Gasteiger partial charge in [-0.05, 0) is 81.7 Å². The fourth-order valence-electron chi connectivity index (χ4n) is 4.61. The molecule has 1 aliphatic carbocycles. The Kier molecular flexibility index (Phi) is 8.68. The van der Waals surface area contributed by atoms with Crippen LogP contribution in [0.3, 0.4) is 0 Å². The topological polar surface area (TPSA) is 96.0 Å². The smallest absolute Gasteiger partial charge is 0.367 e. The van der Waals surface area contributed by atoms with Gasteiger partial charge in [-0.3, -0.25) is 0 Å². The lowest BCUT2D eigenvalue weighted by molar-refractivity contribution is -0.137. The van der Waals surface area contributed by atoms with E-state index in [0.717, 1.165) is 54.5 Å². The first-order valence-electron chi connectivity index (χ1n) is 12.6. The van der Waals surface area contributed by atoms with E-state index in [4.69, 9.17) is 11.6 Å². The Hall–Kier alpha value is -2.63. The van der Waals surface area contributed by atoms with Gasteiger partial charge in [0.05, 0.1) is 16.1 Å². The molecule has 3 N–H and O–H groups in total. The predicted molar refractivity (Wildman–Crippen MR) is 144 cm³/mol. The highest BCUT2D eigenvalue weighted by Gasteiger charge is 2.33. The van der Waals surface area contributed by atoms with Crippen LogP contribution in [0.5, 0.6) is 0 Å². The van der Waals surface area contributed by atoms with Gasteiger partial charge in [0.2, 0.25) is 16.0 Å². The normalized spacial score (nSPS) is 18.6. The Labute approximate surface area is 225 Å². The molecule has 0 unspecified atom stereocenters. The van der Waals surface area contributed by atoms with Crippen molar-refractivity contribution in [2.45, 2.75) is 56.6 Å². The average Bonchev–Trinajstić information content (AvgIpc) is 2.86. The highest BCUT2D eigenvalue weighted by molar-refractivity contribution is 7.89. The Bertz CT molecular complexity index is 1380. The van der Waals surface area contributed by atoms with Gasteiger partial charge in [-0.2, -0.15) is 18.2 Å². The molecule has 38 heavy (non-hydrogen) atoms. The second-order valence-corrected chi connectivity index (χ2v) is 12.1. The first-order valence-corrected chi connectivity index (χ1v) is 14.4. The van der Waals surface area contributed by atoms with E-state index in [9.17, 15) is 21.6 Å². The lowest BCUT2D eigenvalue weighted by Gasteiger charge is -2.28. The fourth-order valence-corrected chi connectivity index (χ4v) is 6.25. The van der Waals surface area contributed by atoms with Crippen molar-refractivity contribution >= 4 is 44.3 Å². The van der Waals surface area contributed by atoms with Gasteiger partial charge in [0.15, 0.2) is 0 Å². The first-order chi connectivity index (χ1) is 17.9. The molecule has 4 rings (SSSR count). The van der Waals surface area contributed by atoms with Crippen LogP contribution in [0.4, 0.5) is 24.9 Å². The van der Waals surface area contributed by atoms with E-state index < -0.39 is 26.7 Å². The Balaban J connectivity index is 1.31. The highest BCUT2D eigenvalue weighted by atomic mass is 35.5. The Morgan fingerprint density at radius 2 is 1.66 bits per heavy atom. The zero-order valence-electron chi connectivity index (χ0n) is 21.1. The molecule has 0 atom stereocenters. The third-order valence-electron chi connectivity index (χ3n) is 6.65. The summed E-state index contributed by atoms with van der Waals surface area (Å²) < 4.78 is 67.0. The molecule has 0 bridgehead atoms. The molecule has 7 nitrogen and oxygen atoms in total. The second-order valence-electron chi connectivity index (χ2n) is 9.97. The number of anilines is 2. The molecule has 12 heteroatoms. The van der Waals surface area contributed by atoms with Crippen LogP contribution >= 0.6 is 11.6 Å². The number of alkyl halides is 3. The lowest BCUT2D eigenvalue weighted by atomic mass is 9.82. The minimum Gasteiger partial charge on any atom is -0.367 e. The number of rotatable bonds is 9. The number of aromatic nitrogens is 2. The Morgan fingerprint density at radius 3 is 2.32 bits per heavy atom. The van der Waals surface area contributed by atoms with Crippen LogP contribution in [-0.4, -0.2) is 37.5 Å². The summed E-state index contributed by atoms with van der Waals surface area (Å²) in [5, 5.41) is 7.44. The van der Waals surface area contributed by atoms with E-state index in [1.54, 1.807) is 0 Å². The van der Waals surface area contributed by atoms with Crippen molar-refractivity contribution < 1.29 is 21.6 Å². The Morgan fingerprint density at radius 1 is 1.00 bits per heavy atom. The summed E-state index contributed by atoms with van der Waals surface area (Å²) in [6.45, 7) is 4.94. The molecular formula is C26H31ClF3N5O2S. The van der Waals surface area contributed by atoms with Crippen LogP contribution in [0, 0.1) is 11.8 Å². The zero-order chi connectivity index (χ0) is 27.5. The number of benzene rings is 2. The summed E-state index contributed by atoms with van der Waals surface area (Å²) in [5.41, 5.74) is -0.206. The third-order valence-corrected chi connectivity index (χ3v) is 8.56. The van der Waals surface area contributed by atoms with Gasteiger partial charge in [0.25, 0.3) is 0 Å². The van der Waals surface area contributed by atoms with Gasteiger partial charge in [-0.15, -0.1) is 0 Å². The van der Waals surface area contributed by atoms with Crippen LogP contribution in [0.2, 0.25) is 5.02 Å². The molecular weight excluding hydrogens is 539 g/mol. The van der Waals surface area contributed by atoms with Crippen molar-refractivity contribution in [2.75, 3.05) is 23.7 Å². The van der Waals surface area contributed by atoms with Crippen molar-refractivity contribution in [1.82, 2.24) is 14.7 Å². The molecule has 1 aliphatic rings. The minimum absolute atomic E-state index is 0.0874. The summed E-state index contributed by atoms with van der Waals surface area (Å²) in [6, 6.07) is 10.3. The lowest BCUT2D eigenvalue weighted by Crippen LogP contribution is -2.32. The van der Waals surface area contributed by atoms with E-state index in [1.165, 1.54) is 0 Å². The molecule has 2 aromatic carbocycles. The second kappa shape index (κ2) is 11.6. The van der Waals surface area contributed by atoms with Crippen molar-refractivity contribution in [2.24, 2.45) is 11.8 Å². The zero-order valence-corrected chi connectivity index (χ0v) is 22.7. The molecule has 206 valence electrons. The molecule has 3 aromatic rings. The van der Waals surface area contributed by atoms with Crippen LogP contribution in [0.15, 0.2) is 47.4 Å². The SMILES string of the molecule is CC(C)Nc1nc(NCC2CCC(CNS(=O)(=O)c3cc(C(F)(F)F)ccc3Cl)CC2)nc2ccccc12. The maximum atomic E-state index is 13.0. The van der Waals surface area contributed by atoms with Gasteiger partial charge in [0, 0.05) is 24.5 Å². The van der Waals surface area contributed by atoms with Crippen molar-refractivity contribution in [1.29, 1.82) is 0 Å².